The van der Waals surface area contributed by atoms with Crippen LogP contribution in [0.25, 0.3) is 0 Å². The van der Waals surface area contributed by atoms with Crippen LogP contribution in [-0.2, 0) is 0 Å². The summed E-state index contributed by atoms with van der Waals surface area (Å²) in [5, 5.41) is 5.99. The van der Waals surface area contributed by atoms with E-state index in [4.69, 9.17) is 23.2 Å². The first-order valence-corrected chi connectivity index (χ1v) is 7.11. The number of halogens is 2. The van der Waals surface area contributed by atoms with Gasteiger partial charge < -0.3 is 10.6 Å². The molecule has 0 saturated carbocycles. The topological polar surface area (TPSA) is 84.0 Å². The third-order valence-electron chi connectivity index (χ3n) is 2.64. The molecule has 22 heavy (non-hydrogen) atoms. The van der Waals surface area contributed by atoms with Crippen molar-refractivity contribution in [1.82, 2.24) is 20.6 Å². The largest absolute Gasteiger partial charge is 0.350 e. The Bertz CT molecular complexity index is 677. The number of aromatic nitrogens is 2. The van der Waals surface area contributed by atoms with Gasteiger partial charge in [0.25, 0.3) is 11.8 Å². The fourth-order valence-electron chi connectivity index (χ4n) is 1.60. The number of benzene rings is 1. The number of nitrogens with one attached hydrogen (secondary N) is 2. The third kappa shape index (κ3) is 4.68. The van der Waals surface area contributed by atoms with Gasteiger partial charge in [-0.1, -0.05) is 23.2 Å². The zero-order valence-corrected chi connectivity index (χ0v) is 12.9. The Morgan fingerprint density at radius 2 is 1.59 bits per heavy atom. The molecule has 0 saturated heterocycles. The van der Waals surface area contributed by atoms with E-state index in [1.165, 1.54) is 12.4 Å². The second-order valence-electron chi connectivity index (χ2n) is 4.25. The van der Waals surface area contributed by atoms with Crippen molar-refractivity contribution in [3.63, 3.8) is 0 Å². The fraction of sp³-hybridized carbons (Fsp3) is 0.143. The Balaban J connectivity index is 1.76. The lowest BCUT2D eigenvalue weighted by atomic mass is 10.2. The summed E-state index contributed by atoms with van der Waals surface area (Å²) in [5.74, 6) is -0.649. The highest BCUT2D eigenvalue weighted by Gasteiger charge is 2.08. The molecule has 0 radical (unpaired) electrons. The van der Waals surface area contributed by atoms with Crippen LogP contribution < -0.4 is 10.6 Å². The Morgan fingerprint density at radius 3 is 2.23 bits per heavy atom. The molecule has 0 bridgehead atoms. The first kappa shape index (κ1) is 16.2. The Hall–Kier alpha value is -2.18. The van der Waals surface area contributed by atoms with E-state index in [0.717, 1.165) is 0 Å². The molecule has 0 unspecified atom stereocenters. The van der Waals surface area contributed by atoms with Gasteiger partial charge in [-0.05, 0) is 24.3 Å². The van der Waals surface area contributed by atoms with Gasteiger partial charge in [0.15, 0.2) is 0 Å². The quantitative estimate of drug-likeness (QED) is 0.816. The van der Waals surface area contributed by atoms with Gasteiger partial charge in [0, 0.05) is 23.7 Å². The molecule has 2 N–H and O–H groups in total. The average Bonchev–Trinajstić information content (AvgIpc) is 2.51. The van der Waals surface area contributed by atoms with Crippen LogP contribution in [0, 0.1) is 0 Å². The summed E-state index contributed by atoms with van der Waals surface area (Å²) in [6.45, 7) is 0.535. The van der Waals surface area contributed by atoms with Crippen LogP contribution in [-0.4, -0.2) is 34.9 Å². The normalized spacial score (nSPS) is 10.1. The summed E-state index contributed by atoms with van der Waals surface area (Å²) in [6.07, 6.45) is 2.65. The number of nitrogens with zero attached hydrogens (tertiary/aromatic N) is 2. The molecule has 8 heteroatoms. The molecule has 1 aromatic carbocycles. The van der Waals surface area contributed by atoms with Gasteiger partial charge in [-0.25, -0.2) is 4.98 Å². The third-order valence-corrected chi connectivity index (χ3v) is 3.07. The monoisotopic (exact) mass is 338 g/mol. The summed E-state index contributed by atoms with van der Waals surface area (Å²) in [4.78, 5) is 31.2. The highest BCUT2D eigenvalue weighted by molar-refractivity contribution is 6.30. The van der Waals surface area contributed by atoms with Crippen LogP contribution in [0.2, 0.25) is 10.2 Å². The van der Waals surface area contributed by atoms with Crippen molar-refractivity contribution in [2.75, 3.05) is 13.1 Å². The van der Waals surface area contributed by atoms with Gasteiger partial charge in [0.05, 0.1) is 12.4 Å². The fourth-order valence-corrected chi connectivity index (χ4v) is 1.87. The van der Waals surface area contributed by atoms with E-state index in [2.05, 4.69) is 20.6 Å². The average molecular weight is 339 g/mol. The molecule has 0 spiro atoms. The van der Waals surface area contributed by atoms with E-state index >= 15 is 0 Å². The molecule has 1 aromatic heterocycles. The first-order valence-electron chi connectivity index (χ1n) is 6.36. The second kappa shape index (κ2) is 7.72. The Kier molecular flexibility index (Phi) is 5.68. The van der Waals surface area contributed by atoms with Crippen molar-refractivity contribution in [2.45, 2.75) is 0 Å². The number of rotatable bonds is 5. The lowest BCUT2D eigenvalue weighted by Crippen LogP contribution is -2.35. The first-order chi connectivity index (χ1) is 10.6. The predicted molar refractivity (Wildman–Crippen MR) is 83.2 cm³/mol. The van der Waals surface area contributed by atoms with Crippen molar-refractivity contribution < 1.29 is 9.59 Å². The van der Waals surface area contributed by atoms with Gasteiger partial charge in [-0.2, -0.15) is 0 Å². The van der Waals surface area contributed by atoms with Crippen molar-refractivity contribution in [2.24, 2.45) is 0 Å². The standard InChI is InChI=1S/C14H12Cl2N4O2/c15-10-3-1-9(2-4-10)13(21)18-5-6-19-14(22)11-7-17-8-12(16)20-11/h1-4,7-8H,5-6H2,(H,18,21)(H,19,22). The van der Waals surface area contributed by atoms with E-state index in [1.807, 2.05) is 0 Å². The molecule has 1 heterocycles. The highest BCUT2D eigenvalue weighted by atomic mass is 35.5. The van der Waals surface area contributed by atoms with Crippen LogP contribution >= 0.6 is 23.2 Å². The van der Waals surface area contributed by atoms with Crippen molar-refractivity contribution in [3.05, 3.63) is 58.1 Å². The Labute approximate surface area is 136 Å². The van der Waals surface area contributed by atoms with E-state index in [1.54, 1.807) is 24.3 Å². The molecule has 0 aliphatic rings. The molecule has 2 rings (SSSR count). The minimum Gasteiger partial charge on any atom is -0.350 e. The van der Waals surface area contributed by atoms with Gasteiger partial charge >= 0.3 is 0 Å². The van der Waals surface area contributed by atoms with Crippen LogP contribution in [0.4, 0.5) is 0 Å². The van der Waals surface area contributed by atoms with Crippen molar-refractivity contribution in [3.8, 4) is 0 Å². The maximum Gasteiger partial charge on any atom is 0.271 e. The number of amides is 2. The summed E-state index contributed by atoms with van der Waals surface area (Å²) in [7, 11) is 0. The van der Waals surface area contributed by atoms with Crippen LogP contribution in [0.1, 0.15) is 20.8 Å². The minimum atomic E-state index is -0.407. The zero-order chi connectivity index (χ0) is 15.9. The second-order valence-corrected chi connectivity index (χ2v) is 5.07. The SMILES string of the molecule is O=C(NCCNC(=O)c1cncc(Cl)n1)c1ccc(Cl)cc1. The van der Waals surface area contributed by atoms with Crippen LogP contribution in [0.15, 0.2) is 36.7 Å². The maximum absolute atomic E-state index is 11.8. The zero-order valence-electron chi connectivity index (χ0n) is 11.3. The molecule has 2 aromatic rings. The minimum absolute atomic E-state index is 0.122. The summed E-state index contributed by atoms with van der Waals surface area (Å²) in [6, 6.07) is 6.52. The molecule has 0 fully saturated rings. The van der Waals surface area contributed by atoms with E-state index < -0.39 is 5.91 Å². The summed E-state index contributed by atoms with van der Waals surface area (Å²) >= 11 is 11.4. The van der Waals surface area contributed by atoms with E-state index in [-0.39, 0.29) is 29.8 Å². The van der Waals surface area contributed by atoms with Gasteiger partial charge in [-0.15, -0.1) is 0 Å². The lowest BCUT2D eigenvalue weighted by Gasteiger charge is -2.07. The predicted octanol–water partition coefficient (Wildman–Crippen LogP) is 1.94. The molecule has 6 nitrogen and oxygen atoms in total. The molecule has 2 amide bonds. The van der Waals surface area contributed by atoms with Gasteiger partial charge in [0.2, 0.25) is 0 Å². The number of carbonyl (C=O) groups excluding carboxylic acids is 2. The van der Waals surface area contributed by atoms with Crippen molar-refractivity contribution >= 4 is 35.0 Å². The summed E-state index contributed by atoms with van der Waals surface area (Å²) < 4.78 is 0. The smallest absolute Gasteiger partial charge is 0.271 e. The number of carbonyl (C=O) groups is 2. The van der Waals surface area contributed by atoms with Gasteiger partial charge in [0.1, 0.15) is 10.8 Å². The maximum atomic E-state index is 11.8. The highest BCUT2D eigenvalue weighted by Crippen LogP contribution is 2.09. The summed E-state index contributed by atoms with van der Waals surface area (Å²) in [5.41, 5.74) is 0.618. The molecule has 0 aliphatic carbocycles. The van der Waals surface area contributed by atoms with Crippen molar-refractivity contribution in [1.29, 1.82) is 0 Å². The lowest BCUT2D eigenvalue weighted by molar-refractivity contribution is 0.0925. The molecular formula is C14H12Cl2N4O2. The van der Waals surface area contributed by atoms with E-state index in [0.29, 0.717) is 10.6 Å². The number of hydrogen-bond acceptors (Lipinski definition) is 4. The molecule has 0 atom stereocenters. The molecule has 114 valence electrons. The number of hydrogen-bond donors (Lipinski definition) is 2. The Morgan fingerprint density at radius 1 is 0.955 bits per heavy atom. The molecular weight excluding hydrogens is 327 g/mol. The molecule has 0 aliphatic heterocycles. The van der Waals surface area contributed by atoms with Crippen LogP contribution in [0.3, 0.4) is 0 Å². The van der Waals surface area contributed by atoms with E-state index in [9.17, 15) is 9.59 Å². The van der Waals surface area contributed by atoms with Gasteiger partial charge in [-0.3, -0.25) is 14.6 Å². The van der Waals surface area contributed by atoms with Crippen LogP contribution in [0.5, 0.6) is 0 Å².